The van der Waals surface area contributed by atoms with Gasteiger partial charge >= 0.3 is 0 Å². The van der Waals surface area contributed by atoms with Crippen molar-refractivity contribution in [3.05, 3.63) is 52.2 Å². The molecule has 154 valence electrons. The Bertz CT molecular complexity index is 860. The Hall–Kier alpha value is -2.34. The van der Waals surface area contributed by atoms with Crippen molar-refractivity contribution in [2.45, 2.75) is 45.2 Å². The van der Waals surface area contributed by atoms with Crippen LogP contribution in [0.5, 0.6) is 5.75 Å². The first-order chi connectivity index (χ1) is 14.0. The molecule has 1 aromatic carbocycles. The van der Waals surface area contributed by atoms with Crippen LogP contribution in [0.25, 0.3) is 0 Å². The molecule has 1 fully saturated rings. The lowest BCUT2D eigenvalue weighted by molar-refractivity contribution is -0.144. The van der Waals surface area contributed by atoms with Crippen molar-refractivity contribution in [1.82, 2.24) is 9.80 Å². The highest BCUT2D eigenvalue weighted by atomic mass is 32.1. The molecule has 0 unspecified atom stereocenters. The number of amides is 2. The maximum atomic E-state index is 13.3. The van der Waals surface area contributed by atoms with E-state index in [2.05, 4.69) is 11.4 Å². The molecule has 0 radical (unpaired) electrons. The number of hydrogen-bond acceptors (Lipinski definition) is 4. The summed E-state index contributed by atoms with van der Waals surface area (Å²) in [5.41, 5.74) is 1.18. The number of hydrogen-bond donors (Lipinski definition) is 0. The standard InChI is InChI=1S/C23H28N2O3S/c1-16(2)25(23(27)17-8-9-17)14-22(26)24-12-10-21-19(11-13-29-21)20(24)15-28-18-6-4-3-5-7-18/h3-7,11,13,16-17,20H,8-10,12,14-15H2,1-2H3/t20-/m1/s1. The number of carbonyl (C=O) groups excluding carboxylic acids is 2. The Morgan fingerprint density at radius 1 is 1.21 bits per heavy atom. The number of carbonyl (C=O) groups is 2. The molecule has 2 aromatic rings. The van der Waals surface area contributed by atoms with Crippen molar-refractivity contribution >= 4 is 23.2 Å². The van der Waals surface area contributed by atoms with E-state index in [4.69, 9.17) is 4.74 Å². The number of para-hydroxylation sites is 1. The zero-order valence-electron chi connectivity index (χ0n) is 17.0. The smallest absolute Gasteiger partial charge is 0.242 e. The molecule has 4 rings (SSSR count). The summed E-state index contributed by atoms with van der Waals surface area (Å²) in [6, 6.07) is 11.7. The van der Waals surface area contributed by atoms with Crippen LogP contribution in [0.2, 0.25) is 0 Å². The van der Waals surface area contributed by atoms with Gasteiger partial charge in [-0.05, 0) is 62.3 Å². The second-order valence-electron chi connectivity index (χ2n) is 8.11. The van der Waals surface area contributed by atoms with E-state index in [1.807, 2.05) is 49.1 Å². The van der Waals surface area contributed by atoms with E-state index < -0.39 is 0 Å². The summed E-state index contributed by atoms with van der Waals surface area (Å²) >= 11 is 1.74. The summed E-state index contributed by atoms with van der Waals surface area (Å²) in [5.74, 6) is 1.05. The molecule has 1 aromatic heterocycles. The van der Waals surface area contributed by atoms with Crippen molar-refractivity contribution in [3.8, 4) is 5.75 Å². The predicted molar refractivity (Wildman–Crippen MR) is 114 cm³/mol. The molecule has 0 spiro atoms. The van der Waals surface area contributed by atoms with E-state index in [9.17, 15) is 9.59 Å². The molecule has 1 atom stereocenters. The highest BCUT2D eigenvalue weighted by Crippen LogP contribution is 2.35. The number of thiophene rings is 1. The molecule has 2 amide bonds. The average molecular weight is 413 g/mol. The minimum Gasteiger partial charge on any atom is -0.491 e. The Morgan fingerprint density at radius 3 is 2.66 bits per heavy atom. The summed E-state index contributed by atoms with van der Waals surface area (Å²) in [7, 11) is 0. The van der Waals surface area contributed by atoms with Gasteiger partial charge in [0.05, 0.1) is 6.04 Å². The molecule has 2 heterocycles. The van der Waals surface area contributed by atoms with Crippen LogP contribution in [0.15, 0.2) is 41.8 Å². The largest absolute Gasteiger partial charge is 0.491 e. The van der Waals surface area contributed by atoms with Gasteiger partial charge in [-0.1, -0.05) is 18.2 Å². The number of rotatable bonds is 7. The first-order valence-electron chi connectivity index (χ1n) is 10.4. The maximum absolute atomic E-state index is 13.3. The lowest BCUT2D eigenvalue weighted by Gasteiger charge is -2.37. The number of benzene rings is 1. The fraction of sp³-hybridized carbons (Fsp3) is 0.478. The van der Waals surface area contributed by atoms with Crippen LogP contribution in [0.4, 0.5) is 0 Å². The third-order valence-electron chi connectivity index (χ3n) is 5.70. The Kier molecular flexibility index (Phi) is 5.90. The van der Waals surface area contributed by atoms with E-state index in [0.717, 1.165) is 25.0 Å². The van der Waals surface area contributed by atoms with Gasteiger partial charge in [0.1, 0.15) is 18.9 Å². The summed E-state index contributed by atoms with van der Waals surface area (Å²) in [6.07, 6.45) is 2.76. The van der Waals surface area contributed by atoms with E-state index in [1.54, 1.807) is 16.2 Å². The lowest BCUT2D eigenvalue weighted by Crippen LogP contribution is -2.49. The van der Waals surface area contributed by atoms with Gasteiger partial charge in [-0.2, -0.15) is 0 Å². The lowest BCUT2D eigenvalue weighted by atomic mass is 10.00. The molecule has 1 saturated carbocycles. The minimum absolute atomic E-state index is 0.00575. The Morgan fingerprint density at radius 2 is 1.97 bits per heavy atom. The van der Waals surface area contributed by atoms with Crippen molar-refractivity contribution in [1.29, 1.82) is 0 Å². The molecule has 1 aliphatic carbocycles. The topological polar surface area (TPSA) is 49.9 Å². The summed E-state index contributed by atoms with van der Waals surface area (Å²) in [6.45, 7) is 5.19. The predicted octanol–water partition coefficient (Wildman–Crippen LogP) is 3.90. The molecule has 5 nitrogen and oxygen atoms in total. The van der Waals surface area contributed by atoms with Gasteiger partial charge in [0, 0.05) is 23.4 Å². The summed E-state index contributed by atoms with van der Waals surface area (Å²) in [5, 5.41) is 2.09. The molecular formula is C23H28N2O3S. The van der Waals surface area contributed by atoms with Crippen molar-refractivity contribution in [2.24, 2.45) is 5.92 Å². The number of nitrogens with zero attached hydrogens (tertiary/aromatic N) is 2. The van der Waals surface area contributed by atoms with Crippen LogP contribution in [0, 0.1) is 5.92 Å². The molecule has 0 saturated heterocycles. The summed E-state index contributed by atoms with van der Waals surface area (Å²) < 4.78 is 6.03. The van der Waals surface area contributed by atoms with Gasteiger partial charge in [-0.15, -0.1) is 11.3 Å². The van der Waals surface area contributed by atoms with Crippen LogP contribution in [0.1, 0.15) is 43.2 Å². The minimum atomic E-state index is -0.122. The van der Waals surface area contributed by atoms with E-state index in [-0.39, 0.29) is 36.4 Å². The SMILES string of the molecule is CC(C)N(CC(=O)N1CCc2sccc2[C@H]1COc1ccccc1)C(=O)C1CC1. The zero-order valence-corrected chi connectivity index (χ0v) is 17.9. The fourth-order valence-corrected chi connectivity index (χ4v) is 4.81. The van der Waals surface area contributed by atoms with Crippen LogP contribution in [-0.4, -0.2) is 47.4 Å². The van der Waals surface area contributed by atoms with Gasteiger partial charge in [-0.3, -0.25) is 9.59 Å². The van der Waals surface area contributed by atoms with Gasteiger partial charge in [0.25, 0.3) is 0 Å². The monoisotopic (exact) mass is 412 g/mol. The first kappa shape index (κ1) is 20.0. The molecular weight excluding hydrogens is 384 g/mol. The second-order valence-corrected chi connectivity index (χ2v) is 9.11. The molecule has 1 aliphatic heterocycles. The van der Waals surface area contributed by atoms with Gasteiger partial charge in [0.15, 0.2) is 0 Å². The zero-order chi connectivity index (χ0) is 20.4. The molecule has 6 heteroatoms. The maximum Gasteiger partial charge on any atom is 0.242 e. The third kappa shape index (κ3) is 4.47. The van der Waals surface area contributed by atoms with Crippen molar-refractivity contribution in [3.63, 3.8) is 0 Å². The van der Waals surface area contributed by atoms with Gasteiger partial charge in [0.2, 0.25) is 11.8 Å². The van der Waals surface area contributed by atoms with Crippen molar-refractivity contribution in [2.75, 3.05) is 19.7 Å². The number of fused-ring (bicyclic) bond motifs is 1. The molecule has 0 bridgehead atoms. The van der Waals surface area contributed by atoms with Gasteiger partial charge in [-0.25, -0.2) is 0 Å². The van der Waals surface area contributed by atoms with E-state index in [1.165, 1.54) is 10.4 Å². The molecule has 0 N–H and O–H groups in total. The van der Waals surface area contributed by atoms with Gasteiger partial charge < -0.3 is 14.5 Å². The quantitative estimate of drug-likeness (QED) is 0.693. The van der Waals surface area contributed by atoms with Crippen LogP contribution < -0.4 is 4.74 Å². The average Bonchev–Trinajstić information content (AvgIpc) is 3.47. The highest BCUT2D eigenvalue weighted by Gasteiger charge is 2.38. The fourth-order valence-electron chi connectivity index (χ4n) is 3.88. The van der Waals surface area contributed by atoms with Crippen molar-refractivity contribution < 1.29 is 14.3 Å². The molecule has 2 aliphatic rings. The van der Waals surface area contributed by atoms with Crippen LogP contribution >= 0.6 is 11.3 Å². The molecule has 29 heavy (non-hydrogen) atoms. The van der Waals surface area contributed by atoms with Crippen LogP contribution in [-0.2, 0) is 16.0 Å². The van der Waals surface area contributed by atoms with E-state index >= 15 is 0 Å². The Balaban J connectivity index is 1.50. The normalized spacial score (nSPS) is 18.4. The second kappa shape index (κ2) is 8.57. The summed E-state index contributed by atoms with van der Waals surface area (Å²) in [4.78, 5) is 30.9. The van der Waals surface area contributed by atoms with Crippen LogP contribution in [0.3, 0.4) is 0 Å². The third-order valence-corrected chi connectivity index (χ3v) is 6.70. The first-order valence-corrected chi connectivity index (χ1v) is 11.3. The Labute approximate surface area is 176 Å². The van der Waals surface area contributed by atoms with E-state index in [0.29, 0.717) is 13.2 Å². The number of ether oxygens (including phenoxy) is 1. The highest BCUT2D eigenvalue weighted by molar-refractivity contribution is 7.10.